The van der Waals surface area contributed by atoms with E-state index in [1.165, 1.54) is 16.8 Å². The second-order valence-electron chi connectivity index (χ2n) is 6.21. The van der Waals surface area contributed by atoms with Crippen LogP contribution in [0, 0.1) is 0 Å². The molecule has 0 saturated carbocycles. The number of methoxy groups -OCH3 is 1. The summed E-state index contributed by atoms with van der Waals surface area (Å²) in [6, 6.07) is 12.2. The average Bonchev–Trinajstić information content (AvgIpc) is 2.63. The highest BCUT2D eigenvalue weighted by molar-refractivity contribution is 5.28. The van der Waals surface area contributed by atoms with Crippen LogP contribution in [0.15, 0.2) is 53.8 Å². The zero-order chi connectivity index (χ0) is 16.9. The molecule has 0 radical (unpaired) electrons. The van der Waals surface area contributed by atoms with Gasteiger partial charge < -0.3 is 14.6 Å². The number of rotatable bonds is 6. The molecular weight excluding hydrogens is 300 g/mol. The third-order valence-corrected chi connectivity index (χ3v) is 4.65. The van der Waals surface area contributed by atoms with Crippen molar-refractivity contribution in [2.75, 3.05) is 7.11 Å². The van der Waals surface area contributed by atoms with Gasteiger partial charge in [0.25, 0.3) is 5.56 Å². The third-order valence-electron chi connectivity index (χ3n) is 4.65. The van der Waals surface area contributed by atoms with Gasteiger partial charge in [-0.2, -0.15) is 0 Å². The minimum Gasteiger partial charge on any atom is -0.497 e. The lowest BCUT2D eigenvalue weighted by molar-refractivity contribution is 0.414. The van der Waals surface area contributed by atoms with E-state index in [0.717, 1.165) is 31.6 Å². The fourth-order valence-corrected chi connectivity index (χ4v) is 3.33. The Morgan fingerprint density at radius 3 is 2.79 bits per heavy atom. The van der Waals surface area contributed by atoms with Crippen molar-refractivity contribution < 1.29 is 4.74 Å². The smallest absolute Gasteiger partial charge is 0.251 e. The summed E-state index contributed by atoms with van der Waals surface area (Å²) in [7, 11) is 1.68. The number of aromatic nitrogens is 1. The van der Waals surface area contributed by atoms with Gasteiger partial charge in [0.05, 0.1) is 7.11 Å². The van der Waals surface area contributed by atoms with Crippen LogP contribution in [0.4, 0.5) is 0 Å². The van der Waals surface area contributed by atoms with Crippen LogP contribution in [-0.4, -0.2) is 17.7 Å². The van der Waals surface area contributed by atoms with Crippen LogP contribution in [0.5, 0.6) is 5.75 Å². The lowest BCUT2D eigenvalue weighted by Crippen LogP contribution is -2.37. The number of fused-ring (bicyclic) bond motifs is 1. The minimum atomic E-state index is 0.0679. The molecule has 0 fully saturated rings. The van der Waals surface area contributed by atoms with Crippen molar-refractivity contribution in [1.82, 2.24) is 9.88 Å². The van der Waals surface area contributed by atoms with Gasteiger partial charge in [-0.05, 0) is 42.5 Å². The number of nitrogens with one attached hydrogen (secondary N) is 1. The number of hydrogen-bond donors (Lipinski definition) is 1. The summed E-state index contributed by atoms with van der Waals surface area (Å²) < 4.78 is 7.04. The van der Waals surface area contributed by atoms with Crippen LogP contribution in [0.25, 0.3) is 0 Å². The second-order valence-corrected chi connectivity index (χ2v) is 6.21. The Kier molecular flexibility index (Phi) is 5.16. The van der Waals surface area contributed by atoms with Gasteiger partial charge in [0.1, 0.15) is 5.75 Å². The Balaban J connectivity index is 1.65. The largest absolute Gasteiger partial charge is 0.497 e. The molecule has 2 aromatic rings. The first kappa shape index (κ1) is 16.5. The SMILES string of the molecule is C=CCn1c2c(ccc1=O)C[C@H](NCc1ccc(OC)cc1)CC2. The molecule has 1 N–H and O–H groups in total. The Bertz CT molecular complexity index is 762. The van der Waals surface area contributed by atoms with Gasteiger partial charge in [0, 0.05) is 30.9 Å². The highest BCUT2D eigenvalue weighted by Gasteiger charge is 2.20. The topological polar surface area (TPSA) is 43.3 Å². The molecule has 1 aliphatic rings. The van der Waals surface area contributed by atoms with Gasteiger partial charge in [-0.25, -0.2) is 0 Å². The number of benzene rings is 1. The Morgan fingerprint density at radius 1 is 1.29 bits per heavy atom. The van der Waals surface area contributed by atoms with Gasteiger partial charge in [-0.15, -0.1) is 6.58 Å². The molecule has 0 amide bonds. The molecule has 126 valence electrons. The Hall–Kier alpha value is -2.33. The fraction of sp³-hybridized carbons (Fsp3) is 0.350. The summed E-state index contributed by atoms with van der Waals surface area (Å²) >= 11 is 0. The van der Waals surface area contributed by atoms with Crippen LogP contribution in [0.1, 0.15) is 23.2 Å². The molecule has 1 atom stereocenters. The fourth-order valence-electron chi connectivity index (χ4n) is 3.33. The summed E-state index contributed by atoms with van der Waals surface area (Å²) in [4.78, 5) is 12.0. The van der Waals surface area contributed by atoms with Crippen LogP contribution in [0.3, 0.4) is 0 Å². The number of hydrogen-bond acceptors (Lipinski definition) is 3. The maximum atomic E-state index is 12.0. The van der Waals surface area contributed by atoms with Gasteiger partial charge >= 0.3 is 0 Å². The molecule has 0 aliphatic heterocycles. The van der Waals surface area contributed by atoms with Gasteiger partial charge in [0.2, 0.25) is 0 Å². The van der Waals surface area contributed by atoms with Gasteiger partial charge in [-0.1, -0.05) is 24.3 Å². The molecule has 1 aromatic carbocycles. The Morgan fingerprint density at radius 2 is 2.08 bits per heavy atom. The van der Waals surface area contributed by atoms with Crippen LogP contribution in [-0.2, 0) is 25.9 Å². The molecular formula is C20H24N2O2. The molecule has 0 saturated heterocycles. The van der Waals surface area contributed by atoms with Gasteiger partial charge in [0.15, 0.2) is 0 Å². The lowest BCUT2D eigenvalue weighted by Gasteiger charge is -2.27. The summed E-state index contributed by atoms with van der Waals surface area (Å²) in [6.07, 6.45) is 4.72. The zero-order valence-electron chi connectivity index (χ0n) is 14.1. The van der Waals surface area contributed by atoms with Crippen molar-refractivity contribution in [2.24, 2.45) is 0 Å². The van der Waals surface area contributed by atoms with E-state index in [1.807, 2.05) is 22.8 Å². The highest BCUT2D eigenvalue weighted by Crippen LogP contribution is 2.21. The van der Waals surface area contributed by atoms with Crippen molar-refractivity contribution in [3.8, 4) is 5.75 Å². The monoisotopic (exact) mass is 324 g/mol. The van der Waals surface area contributed by atoms with E-state index >= 15 is 0 Å². The first-order valence-corrected chi connectivity index (χ1v) is 8.40. The van der Waals surface area contributed by atoms with E-state index in [4.69, 9.17) is 4.74 Å². The van der Waals surface area contributed by atoms with Crippen LogP contribution >= 0.6 is 0 Å². The summed E-state index contributed by atoms with van der Waals surface area (Å²) in [5.41, 5.74) is 3.76. The average molecular weight is 324 g/mol. The standard InChI is InChI=1S/C20H24N2O2/c1-3-12-22-19-10-7-17(13-16(19)6-11-20(22)23)21-14-15-4-8-18(24-2)9-5-15/h3-6,8-9,11,17,21H,1,7,10,12-14H2,2H3/t17-/m1/s1. The Labute approximate surface area is 142 Å². The van der Waals surface area contributed by atoms with Crippen LogP contribution < -0.4 is 15.6 Å². The molecule has 1 heterocycles. The van der Waals surface area contributed by atoms with E-state index in [-0.39, 0.29) is 5.56 Å². The van der Waals surface area contributed by atoms with Crippen molar-refractivity contribution in [1.29, 1.82) is 0 Å². The molecule has 3 rings (SSSR count). The predicted molar refractivity (Wildman–Crippen MR) is 96.5 cm³/mol. The van der Waals surface area contributed by atoms with Crippen LogP contribution in [0.2, 0.25) is 0 Å². The quantitative estimate of drug-likeness (QED) is 0.831. The van der Waals surface area contributed by atoms with E-state index in [2.05, 4.69) is 24.0 Å². The number of allylic oxidation sites excluding steroid dienone is 1. The summed E-state index contributed by atoms with van der Waals surface area (Å²) in [5, 5.41) is 3.63. The minimum absolute atomic E-state index is 0.0679. The first-order valence-electron chi connectivity index (χ1n) is 8.40. The molecule has 1 aliphatic carbocycles. The summed E-state index contributed by atoms with van der Waals surface area (Å²) in [5.74, 6) is 0.880. The molecule has 4 heteroatoms. The third kappa shape index (κ3) is 3.60. The van der Waals surface area contributed by atoms with E-state index in [9.17, 15) is 4.79 Å². The van der Waals surface area contributed by atoms with E-state index in [0.29, 0.717) is 12.6 Å². The van der Waals surface area contributed by atoms with E-state index in [1.54, 1.807) is 19.3 Å². The molecule has 4 nitrogen and oxygen atoms in total. The molecule has 0 spiro atoms. The normalized spacial score (nSPS) is 16.5. The zero-order valence-corrected chi connectivity index (χ0v) is 14.1. The van der Waals surface area contributed by atoms with Crippen molar-refractivity contribution in [3.63, 3.8) is 0 Å². The van der Waals surface area contributed by atoms with Crippen molar-refractivity contribution >= 4 is 0 Å². The molecule has 0 bridgehead atoms. The number of nitrogens with zero attached hydrogens (tertiary/aromatic N) is 1. The van der Waals surface area contributed by atoms with Crippen molar-refractivity contribution in [2.45, 2.75) is 38.4 Å². The van der Waals surface area contributed by atoms with Crippen molar-refractivity contribution in [3.05, 3.63) is 76.2 Å². The summed E-state index contributed by atoms with van der Waals surface area (Å²) in [6.45, 7) is 5.19. The van der Waals surface area contributed by atoms with Gasteiger partial charge in [-0.3, -0.25) is 4.79 Å². The number of ether oxygens (including phenoxy) is 1. The second kappa shape index (κ2) is 7.49. The van der Waals surface area contributed by atoms with E-state index < -0.39 is 0 Å². The molecule has 24 heavy (non-hydrogen) atoms. The number of pyridine rings is 1. The maximum Gasteiger partial charge on any atom is 0.251 e. The predicted octanol–water partition coefficient (Wildman–Crippen LogP) is 2.69. The molecule has 1 aromatic heterocycles. The maximum absolute atomic E-state index is 12.0. The first-order chi connectivity index (χ1) is 11.7. The lowest BCUT2D eigenvalue weighted by atomic mass is 9.91. The molecule has 0 unspecified atom stereocenters. The highest BCUT2D eigenvalue weighted by atomic mass is 16.5.